The molecule has 0 unspecified atom stereocenters. The molecule has 112 valence electrons. The summed E-state index contributed by atoms with van der Waals surface area (Å²) < 4.78 is 5.45. The highest BCUT2D eigenvalue weighted by Crippen LogP contribution is 2.23. The van der Waals surface area contributed by atoms with Gasteiger partial charge in [0.1, 0.15) is 5.75 Å². The van der Waals surface area contributed by atoms with Crippen molar-refractivity contribution < 1.29 is 4.74 Å². The zero-order valence-electron chi connectivity index (χ0n) is 12.9. The van der Waals surface area contributed by atoms with Crippen molar-refractivity contribution in [2.24, 2.45) is 5.73 Å². The molecule has 2 aromatic rings. The molecule has 2 rings (SSSR count). The third-order valence-electron chi connectivity index (χ3n) is 3.58. The van der Waals surface area contributed by atoms with Gasteiger partial charge in [0, 0.05) is 30.9 Å². The predicted octanol–water partition coefficient (Wildman–Crippen LogP) is 3.57. The second kappa shape index (κ2) is 7.70. The lowest BCUT2D eigenvalue weighted by Gasteiger charge is -2.25. The van der Waals surface area contributed by atoms with E-state index < -0.39 is 0 Å². The van der Waals surface area contributed by atoms with Gasteiger partial charge in [-0.1, -0.05) is 37.3 Å². The summed E-state index contributed by atoms with van der Waals surface area (Å²) in [6, 6.07) is 16.7. The Balaban J connectivity index is 2.21. The summed E-state index contributed by atoms with van der Waals surface area (Å²) in [4.78, 5) is 2.37. The van der Waals surface area contributed by atoms with E-state index in [-0.39, 0.29) is 0 Å². The average Bonchev–Trinajstić information content (AvgIpc) is 2.55. The molecular formula is C18H24N2O. The molecule has 0 aromatic heterocycles. The molecule has 3 nitrogen and oxygen atoms in total. The molecule has 0 aliphatic carbocycles. The van der Waals surface area contributed by atoms with Crippen LogP contribution in [0.15, 0.2) is 48.5 Å². The number of hydrogen-bond acceptors (Lipinski definition) is 3. The van der Waals surface area contributed by atoms with Gasteiger partial charge in [-0.25, -0.2) is 0 Å². The van der Waals surface area contributed by atoms with Crippen LogP contribution in [0.1, 0.15) is 24.5 Å². The van der Waals surface area contributed by atoms with Crippen molar-refractivity contribution in [1.82, 2.24) is 0 Å². The standard InChI is InChI=1S/C18H24N2O/c1-3-12-20(17-10-8-15(13-19)9-11-17)14-16-6-4-5-7-18(16)21-2/h4-11H,3,12-14,19H2,1-2H3. The van der Waals surface area contributed by atoms with Gasteiger partial charge >= 0.3 is 0 Å². The number of rotatable bonds is 7. The van der Waals surface area contributed by atoms with Gasteiger partial charge in [0.15, 0.2) is 0 Å². The van der Waals surface area contributed by atoms with E-state index in [1.165, 1.54) is 11.3 Å². The number of hydrogen-bond donors (Lipinski definition) is 1. The Bertz CT molecular complexity index is 551. The summed E-state index contributed by atoms with van der Waals surface area (Å²) in [7, 11) is 1.72. The van der Waals surface area contributed by atoms with Crippen LogP contribution < -0.4 is 15.4 Å². The van der Waals surface area contributed by atoms with Crippen molar-refractivity contribution in [3.05, 3.63) is 59.7 Å². The van der Waals surface area contributed by atoms with Crippen LogP contribution in [0.25, 0.3) is 0 Å². The van der Waals surface area contributed by atoms with E-state index in [2.05, 4.69) is 48.2 Å². The van der Waals surface area contributed by atoms with Crippen LogP contribution in [0.5, 0.6) is 5.75 Å². The Kier molecular flexibility index (Phi) is 5.64. The molecule has 0 saturated heterocycles. The normalized spacial score (nSPS) is 10.4. The van der Waals surface area contributed by atoms with E-state index in [0.717, 1.165) is 30.8 Å². The van der Waals surface area contributed by atoms with Crippen molar-refractivity contribution in [1.29, 1.82) is 0 Å². The molecule has 0 aliphatic heterocycles. The molecule has 2 N–H and O–H groups in total. The number of nitrogens with two attached hydrogens (primary N) is 1. The van der Waals surface area contributed by atoms with Crippen LogP contribution in [0.3, 0.4) is 0 Å². The fourth-order valence-electron chi connectivity index (χ4n) is 2.45. The smallest absolute Gasteiger partial charge is 0.123 e. The highest BCUT2D eigenvalue weighted by Gasteiger charge is 2.09. The maximum Gasteiger partial charge on any atom is 0.123 e. The molecular weight excluding hydrogens is 260 g/mol. The number of ether oxygens (including phenoxy) is 1. The van der Waals surface area contributed by atoms with Gasteiger partial charge in [-0.05, 0) is 30.2 Å². The van der Waals surface area contributed by atoms with Gasteiger partial charge in [0.2, 0.25) is 0 Å². The van der Waals surface area contributed by atoms with Crippen molar-refractivity contribution in [3.8, 4) is 5.75 Å². The van der Waals surface area contributed by atoms with E-state index in [1.807, 2.05) is 12.1 Å². The Labute approximate surface area is 127 Å². The first-order chi connectivity index (χ1) is 10.3. The first-order valence-electron chi connectivity index (χ1n) is 7.44. The van der Waals surface area contributed by atoms with E-state index in [1.54, 1.807) is 7.11 Å². The lowest BCUT2D eigenvalue weighted by atomic mass is 10.1. The molecule has 3 heteroatoms. The third kappa shape index (κ3) is 3.99. The Morgan fingerprint density at radius 1 is 1.05 bits per heavy atom. The molecule has 2 aromatic carbocycles. The minimum atomic E-state index is 0.584. The van der Waals surface area contributed by atoms with E-state index in [9.17, 15) is 0 Å². The topological polar surface area (TPSA) is 38.5 Å². The highest BCUT2D eigenvalue weighted by molar-refractivity contribution is 5.49. The molecule has 0 saturated carbocycles. The monoisotopic (exact) mass is 284 g/mol. The largest absolute Gasteiger partial charge is 0.496 e. The Morgan fingerprint density at radius 3 is 2.38 bits per heavy atom. The average molecular weight is 284 g/mol. The van der Waals surface area contributed by atoms with Crippen molar-refractivity contribution in [3.63, 3.8) is 0 Å². The fraction of sp³-hybridized carbons (Fsp3) is 0.333. The van der Waals surface area contributed by atoms with Gasteiger partial charge in [-0.15, -0.1) is 0 Å². The van der Waals surface area contributed by atoms with E-state index in [4.69, 9.17) is 10.5 Å². The van der Waals surface area contributed by atoms with Crippen LogP contribution in [-0.2, 0) is 13.1 Å². The summed E-state index contributed by atoms with van der Waals surface area (Å²) in [5.41, 5.74) is 9.25. The van der Waals surface area contributed by atoms with Gasteiger partial charge in [-0.2, -0.15) is 0 Å². The number of anilines is 1. The Hall–Kier alpha value is -2.00. The van der Waals surface area contributed by atoms with Crippen LogP contribution in [0.4, 0.5) is 5.69 Å². The van der Waals surface area contributed by atoms with Crippen LogP contribution in [0, 0.1) is 0 Å². The van der Waals surface area contributed by atoms with Crippen LogP contribution in [0.2, 0.25) is 0 Å². The zero-order chi connectivity index (χ0) is 15.1. The molecule has 0 radical (unpaired) electrons. The maximum absolute atomic E-state index is 5.67. The van der Waals surface area contributed by atoms with Crippen molar-refractivity contribution in [2.75, 3.05) is 18.6 Å². The van der Waals surface area contributed by atoms with Crippen LogP contribution >= 0.6 is 0 Å². The molecule has 0 amide bonds. The minimum Gasteiger partial charge on any atom is -0.496 e. The molecule has 0 aliphatic rings. The first-order valence-corrected chi connectivity index (χ1v) is 7.44. The lowest BCUT2D eigenvalue weighted by Crippen LogP contribution is -2.23. The van der Waals surface area contributed by atoms with Crippen LogP contribution in [-0.4, -0.2) is 13.7 Å². The molecule has 0 bridgehead atoms. The van der Waals surface area contributed by atoms with Crippen molar-refractivity contribution in [2.45, 2.75) is 26.4 Å². The summed E-state index contributed by atoms with van der Waals surface area (Å²) in [6.07, 6.45) is 1.10. The Morgan fingerprint density at radius 2 is 1.76 bits per heavy atom. The van der Waals surface area contributed by atoms with Gasteiger partial charge < -0.3 is 15.4 Å². The summed E-state index contributed by atoms with van der Waals surface area (Å²) >= 11 is 0. The zero-order valence-corrected chi connectivity index (χ0v) is 12.9. The van der Waals surface area contributed by atoms with Gasteiger partial charge in [-0.3, -0.25) is 0 Å². The summed E-state index contributed by atoms with van der Waals surface area (Å²) in [5, 5.41) is 0. The van der Waals surface area contributed by atoms with E-state index >= 15 is 0 Å². The summed E-state index contributed by atoms with van der Waals surface area (Å²) in [5.74, 6) is 0.942. The molecule has 21 heavy (non-hydrogen) atoms. The lowest BCUT2D eigenvalue weighted by molar-refractivity contribution is 0.409. The molecule has 0 heterocycles. The number of nitrogens with zero attached hydrogens (tertiary/aromatic N) is 1. The SMILES string of the molecule is CCCN(Cc1ccccc1OC)c1ccc(CN)cc1. The quantitative estimate of drug-likeness (QED) is 0.844. The number of para-hydroxylation sites is 1. The minimum absolute atomic E-state index is 0.584. The third-order valence-corrected chi connectivity index (χ3v) is 3.58. The maximum atomic E-state index is 5.67. The predicted molar refractivity (Wildman–Crippen MR) is 88.7 cm³/mol. The van der Waals surface area contributed by atoms with Gasteiger partial charge in [0.05, 0.1) is 7.11 Å². The van der Waals surface area contributed by atoms with Crippen molar-refractivity contribution >= 4 is 5.69 Å². The second-order valence-corrected chi connectivity index (χ2v) is 5.10. The first kappa shape index (κ1) is 15.4. The second-order valence-electron chi connectivity index (χ2n) is 5.10. The number of methoxy groups -OCH3 is 1. The summed E-state index contributed by atoms with van der Waals surface area (Å²) in [6.45, 7) is 4.64. The molecule has 0 spiro atoms. The highest BCUT2D eigenvalue weighted by atomic mass is 16.5. The number of benzene rings is 2. The fourth-order valence-corrected chi connectivity index (χ4v) is 2.45. The van der Waals surface area contributed by atoms with E-state index in [0.29, 0.717) is 6.54 Å². The molecule has 0 fully saturated rings. The van der Waals surface area contributed by atoms with Gasteiger partial charge in [0.25, 0.3) is 0 Å². The molecule has 0 atom stereocenters.